The average molecular weight is 429 g/mol. The lowest BCUT2D eigenvalue weighted by Gasteiger charge is -2.53. The van der Waals surface area contributed by atoms with Crippen LogP contribution in [0.25, 0.3) is 0 Å². The Morgan fingerprint density at radius 3 is 2.55 bits per heavy atom. The first-order valence-corrected chi connectivity index (χ1v) is 13.5. The van der Waals surface area contributed by atoms with Crippen molar-refractivity contribution in [2.24, 2.45) is 29.1 Å². The number of carbonyl (C=O) groups excluding carboxylic acids is 2. The molecule has 4 aliphatic carbocycles. The van der Waals surface area contributed by atoms with Crippen molar-refractivity contribution in [1.29, 1.82) is 0 Å². The molecule has 174 valence electrons. The molecule has 0 N–H and O–H groups in total. The summed E-state index contributed by atoms with van der Waals surface area (Å²) < 4.78 is 6.13. The van der Waals surface area contributed by atoms with Gasteiger partial charge in [-0.2, -0.15) is 0 Å². The minimum atomic E-state index is 0.0437. The van der Waals surface area contributed by atoms with Gasteiger partial charge in [-0.15, -0.1) is 0 Å². The van der Waals surface area contributed by atoms with E-state index in [0.717, 1.165) is 50.4 Å². The van der Waals surface area contributed by atoms with Gasteiger partial charge in [-0.25, -0.2) is 0 Å². The van der Waals surface area contributed by atoms with Gasteiger partial charge in [-0.1, -0.05) is 57.9 Å². The summed E-state index contributed by atoms with van der Waals surface area (Å²) in [5, 5.41) is 0. The van der Waals surface area contributed by atoms with Gasteiger partial charge < -0.3 is 4.74 Å². The van der Waals surface area contributed by atoms with E-state index in [1.54, 1.807) is 0 Å². The molecule has 0 aliphatic heterocycles. The van der Waals surface area contributed by atoms with Crippen LogP contribution in [0.15, 0.2) is 11.6 Å². The molecular weight excluding hydrogens is 384 g/mol. The van der Waals surface area contributed by atoms with Gasteiger partial charge in [0.15, 0.2) is 5.78 Å². The molecule has 0 aromatic carbocycles. The maximum atomic E-state index is 12.6. The van der Waals surface area contributed by atoms with E-state index in [2.05, 4.69) is 13.8 Å². The molecule has 0 radical (unpaired) electrons. The van der Waals surface area contributed by atoms with Crippen molar-refractivity contribution in [3.63, 3.8) is 0 Å². The highest BCUT2D eigenvalue weighted by Gasteiger charge is 2.57. The summed E-state index contributed by atoms with van der Waals surface area (Å²) in [6.07, 6.45) is 20.3. The molecule has 0 heterocycles. The molecule has 0 spiro atoms. The summed E-state index contributed by atoms with van der Waals surface area (Å²) in [6, 6.07) is 0. The Morgan fingerprint density at radius 2 is 1.74 bits per heavy atom. The standard InChI is InChI=1S/C28H44O3/c1-3-4-5-6-7-8-9-10-27(30)31-26-16-15-25-24-13-11-20-19-21(29)12-14-22(20)23(24)17-18-28(25,26)2/h19,22-26H,3-18H2,1-2H3/t22-,23+,24+,25+,26-,28-/m0/s1. The van der Waals surface area contributed by atoms with Gasteiger partial charge >= 0.3 is 5.97 Å². The number of hydrogen-bond donors (Lipinski definition) is 0. The van der Waals surface area contributed by atoms with Crippen molar-refractivity contribution in [1.82, 2.24) is 0 Å². The Balaban J connectivity index is 1.27. The molecule has 0 unspecified atom stereocenters. The predicted molar refractivity (Wildman–Crippen MR) is 125 cm³/mol. The van der Waals surface area contributed by atoms with Gasteiger partial charge in [0.2, 0.25) is 0 Å². The van der Waals surface area contributed by atoms with E-state index in [1.807, 2.05) is 6.08 Å². The molecule has 6 atom stereocenters. The summed E-state index contributed by atoms with van der Waals surface area (Å²) in [4.78, 5) is 24.5. The number of ketones is 1. The number of allylic oxidation sites excluding steroid dienone is 1. The number of esters is 1. The van der Waals surface area contributed by atoms with Gasteiger partial charge in [0.05, 0.1) is 0 Å². The van der Waals surface area contributed by atoms with E-state index in [9.17, 15) is 9.59 Å². The third-order valence-electron chi connectivity index (χ3n) is 9.47. The molecule has 0 amide bonds. The number of hydrogen-bond acceptors (Lipinski definition) is 3. The second-order valence-electron chi connectivity index (χ2n) is 11.3. The Labute approximate surface area is 189 Å². The maximum Gasteiger partial charge on any atom is 0.306 e. The zero-order valence-corrected chi connectivity index (χ0v) is 20.0. The van der Waals surface area contributed by atoms with Crippen LogP contribution in [0.5, 0.6) is 0 Å². The van der Waals surface area contributed by atoms with E-state index >= 15 is 0 Å². The molecule has 31 heavy (non-hydrogen) atoms. The van der Waals surface area contributed by atoms with Gasteiger partial charge in [0.1, 0.15) is 6.10 Å². The highest BCUT2D eigenvalue weighted by molar-refractivity contribution is 5.91. The van der Waals surface area contributed by atoms with Crippen LogP contribution >= 0.6 is 0 Å². The predicted octanol–water partition coefficient (Wildman–Crippen LogP) is 7.18. The molecule has 0 bridgehead atoms. The maximum absolute atomic E-state index is 12.6. The number of fused-ring (bicyclic) bond motifs is 5. The van der Waals surface area contributed by atoms with E-state index in [-0.39, 0.29) is 17.5 Å². The van der Waals surface area contributed by atoms with E-state index in [0.29, 0.717) is 24.0 Å². The fraction of sp³-hybridized carbons (Fsp3) is 0.857. The van der Waals surface area contributed by atoms with Crippen molar-refractivity contribution in [2.45, 2.75) is 123 Å². The Morgan fingerprint density at radius 1 is 0.968 bits per heavy atom. The summed E-state index contributed by atoms with van der Waals surface area (Å²) >= 11 is 0. The topological polar surface area (TPSA) is 43.4 Å². The number of rotatable bonds is 9. The minimum Gasteiger partial charge on any atom is -0.462 e. The second-order valence-corrected chi connectivity index (χ2v) is 11.3. The normalized spacial score (nSPS) is 36.9. The first kappa shape index (κ1) is 23.1. The van der Waals surface area contributed by atoms with Crippen molar-refractivity contribution >= 4 is 11.8 Å². The van der Waals surface area contributed by atoms with Gasteiger partial charge in [-0.05, 0) is 81.1 Å². The lowest BCUT2D eigenvalue weighted by molar-refractivity contribution is -0.159. The molecule has 3 saturated carbocycles. The van der Waals surface area contributed by atoms with E-state index in [4.69, 9.17) is 4.74 Å². The number of carbonyl (C=O) groups is 2. The number of ether oxygens (including phenoxy) is 1. The first-order valence-electron chi connectivity index (χ1n) is 13.5. The molecule has 0 saturated heterocycles. The Hall–Kier alpha value is -1.12. The van der Waals surface area contributed by atoms with Crippen LogP contribution in [-0.2, 0) is 14.3 Å². The zero-order chi connectivity index (χ0) is 21.8. The van der Waals surface area contributed by atoms with Gasteiger partial charge in [-0.3, -0.25) is 9.59 Å². The van der Waals surface area contributed by atoms with Crippen molar-refractivity contribution in [3.8, 4) is 0 Å². The smallest absolute Gasteiger partial charge is 0.306 e. The van der Waals surface area contributed by atoms with Crippen LogP contribution in [0.4, 0.5) is 0 Å². The molecule has 0 aromatic rings. The average Bonchev–Trinajstić information content (AvgIpc) is 3.09. The molecular formula is C28H44O3. The lowest BCUT2D eigenvalue weighted by Crippen LogP contribution is -2.48. The third kappa shape index (κ3) is 4.96. The fourth-order valence-corrected chi connectivity index (χ4v) is 7.77. The molecule has 0 aromatic heterocycles. The molecule has 3 nitrogen and oxygen atoms in total. The van der Waals surface area contributed by atoms with Crippen LogP contribution in [0.3, 0.4) is 0 Å². The van der Waals surface area contributed by atoms with Crippen LogP contribution in [0, 0.1) is 29.1 Å². The largest absolute Gasteiger partial charge is 0.462 e. The van der Waals surface area contributed by atoms with Gasteiger partial charge in [0, 0.05) is 18.3 Å². The first-order chi connectivity index (χ1) is 15.0. The third-order valence-corrected chi connectivity index (χ3v) is 9.47. The lowest BCUT2D eigenvalue weighted by atomic mass is 9.52. The second kappa shape index (κ2) is 10.2. The van der Waals surface area contributed by atoms with Gasteiger partial charge in [0.25, 0.3) is 0 Å². The quantitative estimate of drug-likeness (QED) is 0.288. The fourth-order valence-electron chi connectivity index (χ4n) is 7.77. The summed E-state index contributed by atoms with van der Waals surface area (Å²) in [5.74, 6) is 3.26. The van der Waals surface area contributed by atoms with Crippen LogP contribution in [0.2, 0.25) is 0 Å². The molecule has 4 aliphatic rings. The molecule has 4 rings (SSSR count). The summed E-state index contributed by atoms with van der Waals surface area (Å²) in [5.41, 5.74) is 1.62. The van der Waals surface area contributed by atoms with Crippen LogP contribution in [-0.4, -0.2) is 17.9 Å². The zero-order valence-electron chi connectivity index (χ0n) is 20.0. The minimum absolute atomic E-state index is 0.0437. The van der Waals surface area contributed by atoms with Crippen molar-refractivity contribution in [3.05, 3.63) is 11.6 Å². The Bertz CT molecular complexity index is 680. The SMILES string of the molecule is CCCCCCCCCC(=O)O[C@H]1CC[C@@H]2[C@@H]3CCC4=CC(=O)CC[C@@H]4[C@H]3CC[C@]12C. The van der Waals surface area contributed by atoms with E-state index < -0.39 is 0 Å². The monoisotopic (exact) mass is 428 g/mol. The highest BCUT2D eigenvalue weighted by Crippen LogP contribution is 2.62. The summed E-state index contributed by atoms with van der Waals surface area (Å²) in [6.45, 7) is 4.67. The van der Waals surface area contributed by atoms with Crippen LogP contribution < -0.4 is 0 Å². The molecule has 3 fully saturated rings. The van der Waals surface area contributed by atoms with E-state index in [1.165, 1.54) is 63.4 Å². The summed E-state index contributed by atoms with van der Waals surface area (Å²) in [7, 11) is 0. The Kier molecular flexibility index (Phi) is 7.60. The van der Waals surface area contributed by atoms with Crippen molar-refractivity contribution < 1.29 is 14.3 Å². The number of unbranched alkanes of at least 4 members (excludes halogenated alkanes) is 6. The molecule has 3 heteroatoms. The van der Waals surface area contributed by atoms with Crippen molar-refractivity contribution in [2.75, 3.05) is 0 Å². The van der Waals surface area contributed by atoms with Crippen LogP contribution in [0.1, 0.15) is 117 Å². The highest BCUT2D eigenvalue weighted by atomic mass is 16.5.